The molecular formula is C20H20FN5O4. The van der Waals surface area contributed by atoms with Crippen LogP contribution in [0.15, 0.2) is 36.8 Å². The average Bonchev–Trinajstić information content (AvgIpc) is 3.33. The van der Waals surface area contributed by atoms with Crippen LogP contribution in [0.3, 0.4) is 0 Å². The number of amides is 2. The van der Waals surface area contributed by atoms with E-state index in [0.717, 1.165) is 18.2 Å². The van der Waals surface area contributed by atoms with Crippen molar-refractivity contribution in [3.63, 3.8) is 0 Å². The molecule has 3 atom stereocenters. The number of carbonyl (C=O) groups is 2. The second kappa shape index (κ2) is 8.07. The molecule has 0 spiro atoms. The van der Waals surface area contributed by atoms with Crippen LogP contribution in [-0.4, -0.2) is 55.7 Å². The van der Waals surface area contributed by atoms with Gasteiger partial charge in [-0.15, -0.1) is 0 Å². The Labute approximate surface area is 170 Å². The monoisotopic (exact) mass is 413 g/mol. The van der Waals surface area contributed by atoms with Gasteiger partial charge in [0, 0.05) is 24.7 Å². The summed E-state index contributed by atoms with van der Waals surface area (Å²) >= 11 is 0. The molecule has 5 N–H and O–H groups in total. The topological polar surface area (TPSA) is 140 Å². The largest absolute Gasteiger partial charge is 0.508 e. The number of halogens is 1. The summed E-state index contributed by atoms with van der Waals surface area (Å²) in [7, 11) is 0. The fraction of sp³-hybridized carbons (Fsp3) is 0.300. The Morgan fingerprint density at radius 3 is 2.87 bits per heavy atom. The normalized spacial score (nSPS) is 20.9. The molecule has 1 fully saturated rings. The number of aromatic nitrogens is 3. The minimum Gasteiger partial charge on any atom is -0.508 e. The Kier molecular flexibility index (Phi) is 5.32. The van der Waals surface area contributed by atoms with Crippen LogP contribution < -0.4 is 10.6 Å². The molecule has 0 radical (unpaired) electrons. The number of fused-ring (bicyclic) bond motifs is 1. The van der Waals surface area contributed by atoms with Gasteiger partial charge in [-0.1, -0.05) is 0 Å². The first-order valence-electron chi connectivity index (χ1n) is 9.46. The second-order valence-corrected chi connectivity index (χ2v) is 7.31. The van der Waals surface area contributed by atoms with Crippen LogP contribution in [0.25, 0.3) is 11.0 Å². The molecule has 0 bridgehead atoms. The van der Waals surface area contributed by atoms with E-state index >= 15 is 0 Å². The first kappa shape index (κ1) is 19.8. The van der Waals surface area contributed by atoms with Crippen LogP contribution in [0, 0.1) is 11.7 Å². The lowest BCUT2D eigenvalue weighted by Crippen LogP contribution is -2.34. The Morgan fingerprint density at radius 2 is 2.03 bits per heavy atom. The van der Waals surface area contributed by atoms with Crippen LogP contribution in [0.1, 0.15) is 33.7 Å². The zero-order chi connectivity index (χ0) is 21.3. The van der Waals surface area contributed by atoms with Gasteiger partial charge in [0.1, 0.15) is 29.2 Å². The van der Waals surface area contributed by atoms with Gasteiger partial charge < -0.3 is 25.8 Å². The summed E-state index contributed by atoms with van der Waals surface area (Å²) in [5.74, 6) is -2.29. The number of aliphatic hydroxyl groups excluding tert-OH is 1. The molecule has 4 rings (SSSR count). The van der Waals surface area contributed by atoms with E-state index in [-0.39, 0.29) is 47.8 Å². The van der Waals surface area contributed by atoms with Crippen molar-refractivity contribution in [2.45, 2.75) is 25.0 Å². The molecule has 10 heteroatoms. The highest BCUT2D eigenvalue weighted by atomic mass is 19.1. The van der Waals surface area contributed by atoms with Crippen molar-refractivity contribution in [3.8, 4) is 5.75 Å². The summed E-state index contributed by atoms with van der Waals surface area (Å²) in [5.41, 5.74) is 0.525. The number of hydrogen-bond donors (Lipinski definition) is 5. The summed E-state index contributed by atoms with van der Waals surface area (Å²) in [5, 5.41) is 25.8. The van der Waals surface area contributed by atoms with E-state index in [1.165, 1.54) is 6.33 Å². The molecule has 3 aromatic rings. The van der Waals surface area contributed by atoms with Crippen LogP contribution in [-0.2, 0) is 0 Å². The third-order valence-corrected chi connectivity index (χ3v) is 5.28. The van der Waals surface area contributed by atoms with Gasteiger partial charge in [-0.2, -0.15) is 0 Å². The number of rotatable bonds is 5. The Morgan fingerprint density at radius 1 is 1.20 bits per heavy atom. The Hall–Kier alpha value is -3.53. The third kappa shape index (κ3) is 3.94. The lowest BCUT2D eigenvalue weighted by molar-refractivity contribution is 0.0912. The van der Waals surface area contributed by atoms with Gasteiger partial charge in [-0.25, -0.2) is 14.4 Å². The van der Waals surface area contributed by atoms with Gasteiger partial charge in [0.05, 0.1) is 17.1 Å². The molecule has 0 saturated heterocycles. The number of benzene rings is 1. The van der Waals surface area contributed by atoms with Gasteiger partial charge in [0.2, 0.25) is 0 Å². The van der Waals surface area contributed by atoms with Crippen molar-refractivity contribution in [2.75, 3.05) is 6.54 Å². The molecule has 2 heterocycles. The first-order valence-corrected chi connectivity index (χ1v) is 9.46. The van der Waals surface area contributed by atoms with E-state index in [1.807, 2.05) is 0 Å². The number of carbonyl (C=O) groups excluding carboxylic acids is 2. The van der Waals surface area contributed by atoms with Crippen molar-refractivity contribution in [3.05, 3.63) is 53.9 Å². The van der Waals surface area contributed by atoms with Crippen LogP contribution in [0.5, 0.6) is 5.75 Å². The van der Waals surface area contributed by atoms with E-state index in [2.05, 4.69) is 25.6 Å². The molecule has 0 unspecified atom stereocenters. The smallest absolute Gasteiger partial charge is 0.270 e. The Bertz CT molecular complexity index is 1100. The number of phenolic OH excluding ortho intramolecular Hbond substituents is 1. The molecule has 30 heavy (non-hydrogen) atoms. The minimum atomic E-state index is -0.742. The van der Waals surface area contributed by atoms with E-state index in [9.17, 15) is 24.2 Å². The zero-order valence-corrected chi connectivity index (χ0v) is 15.8. The predicted octanol–water partition coefficient (Wildman–Crippen LogP) is 1.10. The molecule has 1 saturated carbocycles. The number of nitrogens with one attached hydrogen (secondary N) is 3. The summed E-state index contributed by atoms with van der Waals surface area (Å²) in [6.07, 6.45) is 2.92. The lowest BCUT2D eigenvalue weighted by atomic mass is 10.1. The molecule has 1 aliphatic carbocycles. The average molecular weight is 413 g/mol. The number of hydrogen-bond acceptors (Lipinski definition) is 6. The fourth-order valence-electron chi connectivity index (χ4n) is 3.75. The maximum atomic E-state index is 13.8. The highest BCUT2D eigenvalue weighted by Crippen LogP contribution is 2.26. The van der Waals surface area contributed by atoms with Crippen molar-refractivity contribution in [2.24, 2.45) is 5.92 Å². The third-order valence-electron chi connectivity index (χ3n) is 5.28. The quantitative estimate of drug-likeness (QED) is 0.424. The second-order valence-electron chi connectivity index (χ2n) is 7.31. The summed E-state index contributed by atoms with van der Waals surface area (Å²) in [6, 6.07) is 4.55. The first-order chi connectivity index (χ1) is 14.4. The van der Waals surface area contributed by atoms with Crippen molar-refractivity contribution < 1.29 is 24.2 Å². The van der Waals surface area contributed by atoms with E-state index < -0.39 is 17.8 Å². The maximum Gasteiger partial charge on any atom is 0.270 e. The van der Waals surface area contributed by atoms with Crippen molar-refractivity contribution in [1.29, 1.82) is 0 Å². The number of H-pyrrole nitrogens is 1. The molecule has 9 nitrogen and oxygen atoms in total. The molecule has 0 aliphatic heterocycles. The summed E-state index contributed by atoms with van der Waals surface area (Å²) < 4.78 is 13.8. The van der Waals surface area contributed by atoms with Gasteiger partial charge in [-0.3, -0.25) is 9.59 Å². The van der Waals surface area contributed by atoms with E-state index in [1.54, 1.807) is 12.3 Å². The van der Waals surface area contributed by atoms with E-state index in [4.69, 9.17) is 0 Å². The van der Waals surface area contributed by atoms with Crippen LogP contribution in [0.4, 0.5) is 4.39 Å². The van der Waals surface area contributed by atoms with Gasteiger partial charge in [-0.05, 0) is 37.1 Å². The number of phenols is 1. The molecular weight excluding hydrogens is 393 g/mol. The van der Waals surface area contributed by atoms with Crippen LogP contribution in [0.2, 0.25) is 0 Å². The number of aromatic amines is 1. The van der Waals surface area contributed by atoms with Gasteiger partial charge >= 0.3 is 0 Å². The summed E-state index contributed by atoms with van der Waals surface area (Å²) in [6.45, 7) is 0.197. The van der Waals surface area contributed by atoms with Crippen LogP contribution >= 0.6 is 0 Å². The lowest BCUT2D eigenvalue weighted by Gasteiger charge is -2.15. The Balaban J connectivity index is 1.35. The molecule has 156 valence electrons. The fourth-order valence-corrected chi connectivity index (χ4v) is 3.75. The van der Waals surface area contributed by atoms with E-state index in [0.29, 0.717) is 17.5 Å². The highest BCUT2D eigenvalue weighted by Gasteiger charge is 2.34. The summed E-state index contributed by atoms with van der Waals surface area (Å²) in [4.78, 5) is 35.8. The maximum absolute atomic E-state index is 13.8. The van der Waals surface area contributed by atoms with Crippen molar-refractivity contribution >= 4 is 22.8 Å². The standard InChI is InChI=1S/C20H20FN5O4/c21-15-2-1-12(27)7-14(15)19(29)26-11-5-10(16(28)6-11)8-23-20(30)17-13-3-4-22-18(13)25-9-24-17/h1-4,7,9-11,16,27-28H,5-6,8H2,(H,23,30)(H,26,29)(H,22,24,25)/t10-,11+,16-/m1/s1. The van der Waals surface area contributed by atoms with Gasteiger partial charge in [0.15, 0.2) is 0 Å². The van der Waals surface area contributed by atoms with Crippen molar-refractivity contribution in [1.82, 2.24) is 25.6 Å². The molecule has 2 amide bonds. The number of aliphatic hydroxyl groups is 1. The highest BCUT2D eigenvalue weighted by molar-refractivity contribution is 6.03. The molecule has 2 aromatic heterocycles. The predicted molar refractivity (Wildman–Crippen MR) is 104 cm³/mol. The molecule has 1 aliphatic rings. The number of aromatic hydroxyl groups is 1. The molecule has 1 aromatic carbocycles. The zero-order valence-electron chi connectivity index (χ0n) is 15.8. The van der Waals surface area contributed by atoms with Gasteiger partial charge in [0.25, 0.3) is 11.8 Å². The SMILES string of the molecule is O=C(N[C@H]1C[C@H](CNC(=O)c2ncnc3[nH]ccc23)[C@H](O)C1)c1cc(O)ccc1F. The number of nitrogens with zero attached hydrogens (tertiary/aromatic N) is 2. The minimum absolute atomic E-state index is 0.197.